The van der Waals surface area contributed by atoms with E-state index in [0.717, 1.165) is 37.1 Å². The first-order valence-corrected chi connectivity index (χ1v) is 6.64. The quantitative estimate of drug-likeness (QED) is 0.772. The van der Waals surface area contributed by atoms with Crippen molar-refractivity contribution in [3.05, 3.63) is 58.7 Å². The molecule has 1 unspecified atom stereocenters. The Kier molecular flexibility index (Phi) is 3.11. The third-order valence-corrected chi connectivity index (χ3v) is 3.72. The standard InChI is InChI=1S/C16H16N2O/c1-11-8-15(10-19)18-16(17-11)14-7-6-12-4-2-3-5-13(12)9-14/h2-5,8,10,14H,6-7,9H2,1H3. The molecule has 1 aliphatic carbocycles. The molecule has 3 rings (SSSR count). The van der Waals surface area contributed by atoms with Gasteiger partial charge in [-0.25, -0.2) is 9.97 Å². The van der Waals surface area contributed by atoms with E-state index in [9.17, 15) is 4.79 Å². The molecule has 1 aromatic carbocycles. The van der Waals surface area contributed by atoms with E-state index in [1.807, 2.05) is 6.92 Å². The minimum atomic E-state index is 0.327. The lowest BCUT2D eigenvalue weighted by Crippen LogP contribution is -2.16. The Hall–Kier alpha value is -2.03. The molecule has 0 spiro atoms. The second kappa shape index (κ2) is 4.92. The molecule has 3 nitrogen and oxygen atoms in total. The van der Waals surface area contributed by atoms with Crippen molar-refractivity contribution in [2.75, 3.05) is 0 Å². The minimum Gasteiger partial charge on any atom is -0.296 e. The van der Waals surface area contributed by atoms with Crippen LogP contribution in [0.25, 0.3) is 0 Å². The van der Waals surface area contributed by atoms with E-state index in [2.05, 4.69) is 34.2 Å². The maximum Gasteiger partial charge on any atom is 0.168 e. The fraction of sp³-hybridized carbons (Fsp3) is 0.312. The minimum absolute atomic E-state index is 0.327. The van der Waals surface area contributed by atoms with Gasteiger partial charge in [0.05, 0.1) is 0 Å². The average Bonchev–Trinajstić information content (AvgIpc) is 2.46. The van der Waals surface area contributed by atoms with Crippen LogP contribution in [0, 0.1) is 6.92 Å². The summed E-state index contributed by atoms with van der Waals surface area (Å²) in [5, 5.41) is 0. The first-order valence-electron chi connectivity index (χ1n) is 6.64. The summed E-state index contributed by atoms with van der Waals surface area (Å²) >= 11 is 0. The normalized spacial score (nSPS) is 17.8. The second-order valence-corrected chi connectivity index (χ2v) is 5.12. The van der Waals surface area contributed by atoms with Crippen LogP contribution in [0.2, 0.25) is 0 Å². The Balaban J connectivity index is 1.92. The molecule has 3 heteroatoms. The van der Waals surface area contributed by atoms with Crippen molar-refractivity contribution in [3.8, 4) is 0 Å². The van der Waals surface area contributed by atoms with E-state index in [4.69, 9.17) is 0 Å². The van der Waals surface area contributed by atoms with Gasteiger partial charge in [0.25, 0.3) is 0 Å². The molecule has 0 amide bonds. The van der Waals surface area contributed by atoms with Crippen LogP contribution in [-0.2, 0) is 12.8 Å². The maximum atomic E-state index is 10.9. The van der Waals surface area contributed by atoms with Crippen LogP contribution in [0.15, 0.2) is 30.3 Å². The van der Waals surface area contributed by atoms with Gasteiger partial charge in [0.15, 0.2) is 6.29 Å². The molecule has 19 heavy (non-hydrogen) atoms. The fourth-order valence-corrected chi connectivity index (χ4v) is 2.78. The van der Waals surface area contributed by atoms with Crippen LogP contribution < -0.4 is 0 Å². The number of carbonyl (C=O) groups is 1. The highest BCUT2D eigenvalue weighted by Crippen LogP contribution is 2.30. The Morgan fingerprint density at radius 1 is 1.21 bits per heavy atom. The van der Waals surface area contributed by atoms with Gasteiger partial charge in [0, 0.05) is 11.6 Å². The van der Waals surface area contributed by atoms with Gasteiger partial charge in [0.2, 0.25) is 0 Å². The summed E-state index contributed by atoms with van der Waals surface area (Å²) in [7, 11) is 0. The Morgan fingerprint density at radius 2 is 2.00 bits per heavy atom. The van der Waals surface area contributed by atoms with E-state index in [1.165, 1.54) is 11.1 Å². The summed E-state index contributed by atoms with van der Waals surface area (Å²) in [5.74, 6) is 1.14. The number of nitrogens with zero attached hydrogens (tertiary/aromatic N) is 2. The van der Waals surface area contributed by atoms with Gasteiger partial charge in [-0.05, 0) is 43.4 Å². The van der Waals surface area contributed by atoms with E-state index >= 15 is 0 Å². The number of benzene rings is 1. The van der Waals surface area contributed by atoms with Gasteiger partial charge in [-0.2, -0.15) is 0 Å². The molecular weight excluding hydrogens is 236 g/mol. The van der Waals surface area contributed by atoms with Crippen LogP contribution in [0.4, 0.5) is 0 Å². The van der Waals surface area contributed by atoms with E-state index in [1.54, 1.807) is 6.07 Å². The summed E-state index contributed by atoms with van der Waals surface area (Å²) in [6, 6.07) is 10.3. The SMILES string of the molecule is Cc1cc(C=O)nc(C2CCc3ccccc3C2)n1. The molecule has 0 fully saturated rings. The van der Waals surface area contributed by atoms with Crippen molar-refractivity contribution in [2.24, 2.45) is 0 Å². The highest BCUT2D eigenvalue weighted by atomic mass is 16.1. The fourth-order valence-electron chi connectivity index (χ4n) is 2.78. The summed E-state index contributed by atoms with van der Waals surface area (Å²) in [4.78, 5) is 19.8. The van der Waals surface area contributed by atoms with Gasteiger partial charge in [-0.1, -0.05) is 24.3 Å². The largest absolute Gasteiger partial charge is 0.296 e. The summed E-state index contributed by atoms with van der Waals surface area (Å²) in [6.45, 7) is 1.91. The highest BCUT2D eigenvalue weighted by Gasteiger charge is 2.22. The summed E-state index contributed by atoms with van der Waals surface area (Å²) in [5.41, 5.74) is 4.17. The zero-order valence-electron chi connectivity index (χ0n) is 11.0. The van der Waals surface area contributed by atoms with E-state index < -0.39 is 0 Å². The number of hydrogen-bond donors (Lipinski definition) is 0. The predicted molar refractivity (Wildman–Crippen MR) is 73.4 cm³/mol. The van der Waals surface area contributed by atoms with Gasteiger partial charge in [-0.3, -0.25) is 4.79 Å². The molecule has 0 saturated heterocycles. The van der Waals surface area contributed by atoms with Crippen molar-refractivity contribution in [3.63, 3.8) is 0 Å². The maximum absolute atomic E-state index is 10.9. The lowest BCUT2D eigenvalue weighted by Gasteiger charge is -2.23. The number of carbonyl (C=O) groups excluding carboxylic acids is 1. The molecule has 0 saturated carbocycles. The average molecular weight is 252 g/mol. The van der Waals surface area contributed by atoms with Crippen molar-refractivity contribution in [2.45, 2.75) is 32.1 Å². The van der Waals surface area contributed by atoms with Gasteiger partial charge < -0.3 is 0 Å². The van der Waals surface area contributed by atoms with Crippen LogP contribution in [0.5, 0.6) is 0 Å². The van der Waals surface area contributed by atoms with Crippen molar-refractivity contribution >= 4 is 6.29 Å². The van der Waals surface area contributed by atoms with Crippen LogP contribution in [-0.4, -0.2) is 16.3 Å². The van der Waals surface area contributed by atoms with Gasteiger partial charge in [-0.15, -0.1) is 0 Å². The first-order chi connectivity index (χ1) is 9.26. The van der Waals surface area contributed by atoms with Crippen LogP contribution in [0.1, 0.15) is 45.5 Å². The summed E-state index contributed by atoms with van der Waals surface area (Å²) < 4.78 is 0. The molecule has 96 valence electrons. The van der Waals surface area contributed by atoms with Crippen molar-refractivity contribution in [1.29, 1.82) is 0 Å². The molecule has 0 aliphatic heterocycles. The number of fused-ring (bicyclic) bond motifs is 1. The lowest BCUT2D eigenvalue weighted by molar-refractivity contribution is 0.111. The van der Waals surface area contributed by atoms with Crippen LogP contribution >= 0.6 is 0 Å². The predicted octanol–water partition coefficient (Wildman–Crippen LogP) is 2.87. The topological polar surface area (TPSA) is 42.9 Å². The Labute approximate surface area is 112 Å². The van der Waals surface area contributed by atoms with Crippen LogP contribution in [0.3, 0.4) is 0 Å². The third kappa shape index (κ3) is 2.41. The number of hydrogen-bond acceptors (Lipinski definition) is 3. The molecule has 0 N–H and O–H groups in total. The second-order valence-electron chi connectivity index (χ2n) is 5.12. The molecule has 0 bridgehead atoms. The Morgan fingerprint density at radius 3 is 2.79 bits per heavy atom. The van der Waals surface area contributed by atoms with Crippen molar-refractivity contribution < 1.29 is 4.79 Å². The highest BCUT2D eigenvalue weighted by molar-refractivity contribution is 5.71. The number of aldehydes is 1. The molecule has 2 aromatic rings. The zero-order valence-corrected chi connectivity index (χ0v) is 11.0. The Bertz CT molecular complexity index is 622. The zero-order chi connectivity index (χ0) is 13.2. The molecule has 1 atom stereocenters. The van der Waals surface area contributed by atoms with E-state index in [-0.39, 0.29) is 0 Å². The first kappa shape index (κ1) is 12.0. The molecule has 0 radical (unpaired) electrons. The smallest absolute Gasteiger partial charge is 0.168 e. The molecule has 1 aliphatic rings. The molecule has 1 heterocycles. The number of aromatic nitrogens is 2. The number of rotatable bonds is 2. The summed E-state index contributed by atoms with van der Waals surface area (Å²) in [6.07, 6.45) is 3.89. The van der Waals surface area contributed by atoms with Crippen molar-refractivity contribution in [1.82, 2.24) is 9.97 Å². The molecule has 1 aromatic heterocycles. The van der Waals surface area contributed by atoms with Gasteiger partial charge in [0.1, 0.15) is 11.5 Å². The van der Waals surface area contributed by atoms with E-state index in [0.29, 0.717) is 11.6 Å². The molecular formula is C16H16N2O. The van der Waals surface area contributed by atoms with Gasteiger partial charge >= 0.3 is 0 Å². The third-order valence-electron chi connectivity index (χ3n) is 3.72. The monoisotopic (exact) mass is 252 g/mol. The lowest BCUT2D eigenvalue weighted by atomic mass is 9.83. The number of aryl methyl sites for hydroxylation is 2.